The average molecular weight is 187 g/mol. The third kappa shape index (κ3) is 2.50. The Hall–Kier alpha value is -0.440. The monoisotopic (exact) mass is 187 g/mol. The largest absolute Gasteiger partial charge is 0.317 e. The summed E-state index contributed by atoms with van der Waals surface area (Å²) < 4.78 is 12.1. The van der Waals surface area contributed by atoms with Gasteiger partial charge in [0.1, 0.15) is 5.78 Å². The minimum absolute atomic E-state index is 0.211. The summed E-state index contributed by atoms with van der Waals surface area (Å²) in [6, 6.07) is 0. The summed E-state index contributed by atoms with van der Waals surface area (Å²) in [6.07, 6.45) is 3.00. The Balaban J connectivity index is 2.56. The van der Waals surface area contributed by atoms with Crippen molar-refractivity contribution in [1.29, 1.82) is 0 Å². The zero-order valence-electron chi connectivity index (χ0n) is 8.24. The Morgan fingerprint density at radius 2 is 2.08 bits per heavy atom. The van der Waals surface area contributed by atoms with E-state index in [9.17, 15) is 9.18 Å². The number of carbonyl (C=O) groups excluding carboxylic acids is 1. The molecule has 0 radical (unpaired) electrons. The van der Waals surface area contributed by atoms with Crippen LogP contribution in [0.25, 0.3) is 0 Å². The molecule has 3 heteroatoms. The van der Waals surface area contributed by atoms with Gasteiger partial charge in [0.25, 0.3) is 0 Å². The van der Waals surface area contributed by atoms with E-state index in [1.807, 2.05) is 0 Å². The van der Waals surface area contributed by atoms with Crippen LogP contribution < -0.4 is 5.32 Å². The zero-order chi connectivity index (χ0) is 9.73. The third-order valence-corrected chi connectivity index (χ3v) is 3.10. The van der Waals surface area contributed by atoms with Crippen LogP contribution in [0.2, 0.25) is 0 Å². The normalized spacial score (nSPS) is 21.4. The molecule has 13 heavy (non-hydrogen) atoms. The van der Waals surface area contributed by atoms with Crippen molar-refractivity contribution in [3.8, 4) is 0 Å². The molecular weight excluding hydrogens is 169 g/mol. The van der Waals surface area contributed by atoms with Gasteiger partial charge in [0, 0.05) is 5.41 Å². The summed E-state index contributed by atoms with van der Waals surface area (Å²) >= 11 is 0. The van der Waals surface area contributed by atoms with Crippen molar-refractivity contribution in [2.45, 2.75) is 32.6 Å². The smallest absolute Gasteiger partial charge is 0.136 e. The van der Waals surface area contributed by atoms with E-state index in [2.05, 4.69) is 5.32 Å². The SMILES string of the molecule is CC(=O)C1(CCCF)CCNCC1. The summed E-state index contributed by atoms with van der Waals surface area (Å²) in [5, 5.41) is 3.22. The first-order chi connectivity index (χ1) is 6.21. The molecule has 2 nitrogen and oxygen atoms in total. The maximum Gasteiger partial charge on any atom is 0.136 e. The number of halogens is 1. The van der Waals surface area contributed by atoms with Gasteiger partial charge in [0.05, 0.1) is 6.67 Å². The maximum absolute atomic E-state index is 12.1. The van der Waals surface area contributed by atoms with Crippen LogP contribution in [0.3, 0.4) is 0 Å². The molecule has 1 aliphatic heterocycles. The van der Waals surface area contributed by atoms with Crippen LogP contribution in [0.15, 0.2) is 0 Å². The fourth-order valence-electron chi connectivity index (χ4n) is 2.09. The van der Waals surface area contributed by atoms with Gasteiger partial charge in [-0.3, -0.25) is 9.18 Å². The van der Waals surface area contributed by atoms with Crippen molar-refractivity contribution in [1.82, 2.24) is 5.32 Å². The lowest BCUT2D eigenvalue weighted by Gasteiger charge is -2.35. The summed E-state index contributed by atoms with van der Waals surface area (Å²) in [6.45, 7) is 3.13. The van der Waals surface area contributed by atoms with Crippen LogP contribution in [0.5, 0.6) is 0 Å². The quantitative estimate of drug-likeness (QED) is 0.725. The van der Waals surface area contributed by atoms with Crippen molar-refractivity contribution in [3.05, 3.63) is 0 Å². The van der Waals surface area contributed by atoms with Crippen LogP contribution in [-0.4, -0.2) is 25.5 Å². The Labute approximate surface area is 78.9 Å². The first kappa shape index (κ1) is 10.6. The molecule has 0 saturated carbocycles. The molecule has 76 valence electrons. The first-order valence-corrected chi connectivity index (χ1v) is 4.99. The molecule has 0 spiro atoms. The van der Waals surface area contributed by atoms with Crippen LogP contribution in [-0.2, 0) is 4.79 Å². The number of nitrogens with one attached hydrogen (secondary N) is 1. The number of carbonyl (C=O) groups is 1. The molecule has 0 amide bonds. The molecule has 0 aromatic heterocycles. The van der Waals surface area contributed by atoms with E-state index < -0.39 is 0 Å². The van der Waals surface area contributed by atoms with E-state index in [1.165, 1.54) is 0 Å². The number of Topliss-reactive ketones (excluding diaryl/α,β-unsaturated/α-hetero) is 1. The summed E-state index contributed by atoms with van der Waals surface area (Å²) in [5.41, 5.74) is -0.211. The summed E-state index contributed by atoms with van der Waals surface area (Å²) in [4.78, 5) is 11.5. The predicted molar refractivity (Wildman–Crippen MR) is 50.4 cm³/mol. The summed E-state index contributed by atoms with van der Waals surface area (Å²) in [5.74, 6) is 0.238. The highest BCUT2D eigenvalue weighted by atomic mass is 19.1. The lowest BCUT2D eigenvalue weighted by atomic mass is 9.72. The van der Waals surface area contributed by atoms with Crippen LogP contribution in [0.4, 0.5) is 4.39 Å². The molecular formula is C10H18FNO. The number of hydrogen-bond donors (Lipinski definition) is 1. The fourth-order valence-corrected chi connectivity index (χ4v) is 2.09. The maximum atomic E-state index is 12.1. The lowest BCUT2D eigenvalue weighted by molar-refractivity contribution is -0.128. The molecule has 0 aromatic rings. The lowest BCUT2D eigenvalue weighted by Crippen LogP contribution is -2.41. The van der Waals surface area contributed by atoms with Gasteiger partial charge < -0.3 is 5.32 Å². The van der Waals surface area contributed by atoms with Gasteiger partial charge in [0.15, 0.2) is 0 Å². The molecule has 1 rings (SSSR count). The van der Waals surface area contributed by atoms with E-state index in [1.54, 1.807) is 6.92 Å². The standard InChI is InChI=1S/C10H18FNO/c1-9(13)10(3-2-6-11)4-7-12-8-5-10/h12H,2-8H2,1H3. The summed E-state index contributed by atoms with van der Waals surface area (Å²) in [7, 11) is 0. The van der Waals surface area contributed by atoms with Gasteiger partial charge in [-0.15, -0.1) is 0 Å². The van der Waals surface area contributed by atoms with Gasteiger partial charge in [-0.25, -0.2) is 0 Å². The molecule has 0 aromatic carbocycles. The second-order valence-corrected chi connectivity index (χ2v) is 3.88. The number of alkyl halides is 1. The molecule has 1 heterocycles. The predicted octanol–water partition coefficient (Wildman–Crippen LogP) is 1.69. The minimum atomic E-state index is -0.303. The molecule has 1 fully saturated rings. The highest BCUT2D eigenvalue weighted by Gasteiger charge is 2.35. The van der Waals surface area contributed by atoms with Crippen LogP contribution in [0.1, 0.15) is 32.6 Å². The number of piperidine rings is 1. The molecule has 0 atom stereocenters. The topological polar surface area (TPSA) is 29.1 Å². The van der Waals surface area contributed by atoms with E-state index in [0.29, 0.717) is 6.42 Å². The van der Waals surface area contributed by atoms with Crippen molar-refractivity contribution >= 4 is 5.78 Å². The number of rotatable bonds is 4. The Morgan fingerprint density at radius 1 is 1.46 bits per heavy atom. The van der Waals surface area contributed by atoms with Gasteiger partial charge in [-0.2, -0.15) is 0 Å². The molecule has 1 N–H and O–H groups in total. The molecule has 1 saturated heterocycles. The van der Waals surface area contributed by atoms with Crippen molar-refractivity contribution in [2.24, 2.45) is 5.41 Å². The Morgan fingerprint density at radius 3 is 2.54 bits per heavy atom. The van der Waals surface area contributed by atoms with E-state index in [-0.39, 0.29) is 17.9 Å². The van der Waals surface area contributed by atoms with E-state index in [4.69, 9.17) is 0 Å². The minimum Gasteiger partial charge on any atom is -0.317 e. The van der Waals surface area contributed by atoms with E-state index >= 15 is 0 Å². The second kappa shape index (κ2) is 4.70. The van der Waals surface area contributed by atoms with Gasteiger partial charge >= 0.3 is 0 Å². The van der Waals surface area contributed by atoms with Crippen molar-refractivity contribution in [2.75, 3.05) is 19.8 Å². The van der Waals surface area contributed by atoms with Crippen molar-refractivity contribution < 1.29 is 9.18 Å². The average Bonchev–Trinajstić information content (AvgIpc) is 2.16. The van der Waals surface area contributed by atoms with Crippen LogP contribution in [0, 0.1) is 5.41 Å². The van der Waals surface area contributed by atoms with Crippen molar-refractivity contribution in [3.63, 3.8) is 0 Å². The Kier molecular flexibility index (Phi) is 3.85. The third-order valence-electron chi connectivity index (χ3n) is 3.10. The molecule has 0 unspecified atom stereocenters. The van der Waals surface area contributed by atoms with Crippen LogP contribution >= 0.6 is 0 Å². The zero-order valence-corrected chi connectivity index (χ0v) is 8.24. The number of ketones is 1. The Bertz CT molecular complexity index is 176. The van der Waals surface area contributed by atoms with Gasteiger partial charge in [-0.1, -0.05) is 0 Å². The molecule has 0 aliphatic carbocycles. The van der Waals surface area contributed by atoms with Gasteiger partial charge in [0.2, 0.25) is 0 Å². The van der Waals surface area contributed by atoms with E-state index in [0.717, 1.165) is 32.4 Å². The second-order valence-electron chi connectivity index (χ2n) is 3.88. The highest BCUT2D eigenvalue weighted by molar-refractivity contribution is 5.82. The fraction of sp³-hybridized carbons (Fsp3) is 0.900. The number of hydrogen-bond acceptors (Lipinski definition) is 2. The van der Waals surface area contributed by atoms with Gasteiger partial charge in [-0.05, 0) is 45.7 Å². The molecule has 1 aliphatic rings. The first-order valence-electron chi connectivity index (χ1n) is 4.99. The molecule has 0 bridgehead atoms. The highest BCUT2D eigenvalue weighted by Crippen LogP contribution is 2.34.